The molecule has 5 nitrogen and oxygen atoms in total. The summed E-state index contributed by atoms with van der Waals surface area (Å²) in [4.78, 5) is 27.1. The van der Waals surface area contributed by atoms with Crippen LogP contribution in [-0.2, 0) is 14.3 Å². The normalized spacial score (nSPS) is 37.3. The smallest absolute Gasteiger partial charge is 0.248 e. The summed E-state index contributed by atoms with van der Waals surface area (Å²) in [7, 11) is 0. The van der Waals surface area contributed by atoms with Gasteiger partial charge in [-0.25, -0.2) is 0 Å². The van der Waals surface area contributed by atoms with Gasteiger partial charge in [0.25, 0.3) is 0 Å². The van der Waals surface area contributed by atoms with Gasteiger partial charge < -0.3 is 15.0 Å². The molecule has 1 aliphatic carbocycles. The topological polar surface area (TPSA) is 58.6 Å². The van der Waals surface area contributed by atoms with Gasteiger partial charge in [0.15, 0.2) is 0 Å². The molecule has 112 valence electrons. The van der Waals surface area contributed by atoms with Gasteiger partial charge in [-0.15, -0.1) is 0 Å². The van der Waals surface area contributed by atoms with Crippen molar-refractivity contribution in [1.82, 2.24) is 10.2 Å². The molecule has 0 aromatic heterocycles. The lowest BCUT2D eigenvalue weighted by Gasteiger charge is -2.43. The second-order valence-electron chi connectivity index (χ2n) is 6.66. The molecule has 2 heterocycles. The summed E-state index contributed by atoms with van der Waals surface area (Å²) in [5.74, 6) is 0.124. The predicted molar refractivity (Wildman–Crippen MR) is 74.1 cm³/mol. The molecule has 2 saturated heterocycles. The van der Waals surface area contributed by atoms with Crippen LogP contribution in [0.25, 0.3) is 0 Å². The van der Waals surface area contributed by atoms with E-state index in [2.05, 4.69) is 12.2 Å². The van der Waals surface area contributed by atoms with Crippen molar-refractivity contribution in [2.45, 2.75) is 69.6 Å². The Morgan fingerprint density at radius 2 is 1.95 bits per heavy atom. The number of hydrogen-bond donors (Lipinski definition) is 1. The predicted octanol–water partition coefficient (Wildman–Crippen LogP) is 1.22. The van der Waals surface area contributed by atoms with Crippen molar-refractivity contribution in [2.24, 2.45) is 0 Å². The highest BCUT2D eigenvalue weighted by Crippen LogP contribution is 2.39. The second kappa shape index (κ2) is 4.72. The Bertz CT molecular complexity index is 431. The zero-order chi connectivity index (χ0) is 14.4. The van der Waals surface area contributed by atoms with Crippen LogP contribution < -0.4 is 5.32 Å². The van der Waals surface area contributed by atoms with E-state index in [1.165, 1.54) is 0 Å². The maximum atomic E-state index is 13.1. The molecule has 1 saturated carbocycles. The number of rotatable bonds is 1. The SMILES string of the molecule is CC1OCCC1(C)N1CCC(=O)NC2(CCCC2)C1=O. The molecule has 0 aromatic rings. The molecule has 20 heavy (non-hydrogen) atoms. The molecule has 3 aliphatic rings. The second-order valence-corrected chi connectivity index (χ2v) is 6.66. The van der Waals surface area contributed by atoms with Crippen molar-refractivity contribution >= 4 is 11.8 Å². The first kappa shape index (κ1) is 13.9. The summed E-state index contributed by atoms with van der Waals surface area (Å²) in [6.07, 6.45) is 4.86. The third-order valence-corrected chi connectivity index (χ3v) is 5.52. The molecule has 1 N–H and O–H groups in total. The van der Waals surface area contributed by atoms with Crippen LogP contribution in [-0.4, -0.2) is 47.0 Å². The number of nitrogens with one attached hydrogen (secondary N) is 1. The average molecular weight is 280 g/mol. The van der Waals surface area contributed by atoms with Gasteiger partial charge in [-0.2, -0.15) is 0 Å². The third kappa shape index (κ3) is 1.94. The third-order valence-electron chi connectivity index (χ3n) is 5.52. The molecule has 3 rings (SSSR count). The first-order valence-corrected chi connectivity index (χ1v) is 7.73. The minimum atomic E-state index is -0.640. The molecule has 5 heteroatoms. The van der Waals surface area contributed by atoms with Gasteiger partial charge in [0.2, 0.25) is 11.8 Å². The summed E-state index contributed by atoms with van der Waals surface area (Å²) >= 11 is 0. The van der Waals surface area contributed by atoms with E-state index in [-0.39, 0.29) is 23.5 Å². The maximum Gasteiger partial charge on any atom is 0.248 e. The van der Waals surface area contributed by atoms with Gasteiger partial charge >= 0.3 is 0 Å². The Hall–Kier alpha value is -1.10. The highest BCUT2D eigenvalue weighted by molar-refractivity contribution is 5.94. The van der Waals surface area contributed by atoms with Crippen molar-refractivity contribution in [2.75, 3.05) is 13.2 Å². The molecule has 2 aliphatic heterocycles. The molecular formula is C15H24N2O3. The van der Waals surface area contributed by atoms with Crippen molar-refractivity contribution in [3.05, 3.63) is 0 Å². The van der Waals surface area contributed by atoms with E-state index in [4.69, 9.17) is 4.74 Å². The molecule has 0 aromatic carbocycles. The van der Waals surface area contributed by atoms with Crippen molar-refractivity contribution in [1.29, 1.82) is 0 Å². The van der Waals surface area contributed by atoms with Gasteiger partial charge in [-0.05, 0) is 33.1 Å². The van der Waals surface area contributed by atoms with E-state index in [1.807, 2.05) is 11.8 Å². The molecule has 1 spiro atoms. The Morgan fingerprint density at radius 1 is 1.25 bits per heavy atom. The standard InChI is InChI=1S/C15H24N2O3/c1-11-14(2,8-10-20-11)17-9-5-12(18)16-15(13(17)19)6-3-4-7-15/h11H,3-10H2,1-2H3,(H,16,18). The monoisotopic (exact) mass is 280 g/mol. The average Bonchev–Trinajstić information content (AvgIpc) is 2.96. The van der Waals surface area contributed by atoms with E-state index in [0.717, 1.165) is 32.1 Å². The quantitative estimate of drug-likeness (QED) is 0.785. The maximum absolute atomic E-state index is 13.1. The number of amides is 2. The molecule has 0 bridgehead atoms. The summed E-state index contributed by atoms with van der Waals surface area (Å²) in [5.41, 5.74) is -0.919. The molecule has 2 amide bonds. The molecular weight excluding hydrogens is 256 g/mol. The lowest BCUT2D eigenvalue weighted by atomic mass is 9.88. The minimum absolute atomic E-state index is 0.0120. The number of carbonyl (C=O) groups is 2. The van der Waals surface area contributed by atoms with Crippen LogP contribution in [0.15, 0.2) is 0 Å². The number of hydrogen-bond acceptors (Lipinski definition) is 3. The number of nitrogens with zero attached hydrogens (tertiary/aromatic N) is 1. The van der Waals surface area contributed by atoms with E-state index in [0.29, 0.717) is 19.6 Å². The lowest BCUT2D eigenvalue weighted by Crippen LogP contribution is -2.62. The van der Waals surface area contributed by atoms with Crippen LogP contribution in [0.1, 0.15) is 52.4 Å². The molecule has 3 fully saturated rings. The zero-order valence-corrected chi connectivity index (χ0v) is 12.4. The van der Waals surface area contributed by atoms with E-state index in [9.17, 15) is 9.59 Å². The van der Waals surface area contributed by atoms with E-state index < -0.39 is 5.54 Å². The fourth-order valence-electron chi connectivity index (χ4n) is 3.94. The Labute approximate surface area is 120 Å². The van der Waals surface area contributed by atoms with Crippen LogP contribution in [0.4, 0.5) is 0 Å². The summed E-state index contributed by atoms with van der Waals surface area (Å²) < 4.78 is 5.69. The van der Waals surface area contributed by atoms with Crippen molar-refractivity contribution in [3.8, 4) is 0 Å². The van der Waals surface area contributed by atoms with Crippen LogP contribution in [0.5, 0.6) is 0 Å². The first-order valence-electron chi connectivity index (χ1n) is 7.73. The molecule has 2 unspecified atom stereocenters. The fraction of sp³-hybridized carbons (Fsp3) is 0.867. The first-order chi connectivity index (χ1) is 9.48. The van der Waals surface area contributed by atoms with Crippen LogP contribution >= 0.6 is 0 Å². The molecule has 0 radical (unpaired) electrons. The fourth-order valence-corrected chi connectivity index (χ4v) is 3.94. The van der Waals surface area contributed by atoms with Gasteiger partial charge in [0.05, 0.1) is 11.6 Å². The lowest BCUT2D eigenvalue weighted by molar-refractivity contribution is -0.145. The summed E-state index contributed by atoms with van der Waals surface area (Å²) in [6.45, 7) is 5.33. The van der Waals surface area contributed by atoms with Crippen LogP contribution in [0.2, 0.25) is 0 Å². The number of carbonyl (C=O) groups excluding carboxylic acids is 2. The van der Waals surface area contributed by atoms with E-state index >= 15 is 0 Å². The van der Waals surface area contributed by atoms with E-state index in [1.54, 1.807) is 0 Å². The van der Waals surface area contributed by atoms with Gasteiger partial charge in [0, 0.05) is 19.6 Å². The summed E-state index contributed by atoms with van der Waals surface area (Å²) in [5, 5.41) is 3.02. The zero-order valence-electron chi connectivity index (χ0n) is 12.4. The molecule has 2 atom stereocenters. The number of ether oxygens (including phenoxy) is 1. The van der Waals surface area contributed by atoms with Gasteiger partial charge in [-0.1, -0.05) is 12.8 Å². The highest BCUT2D eigenvalue weighted by Gasteiger charge is 2.53. The van der Waals surface area contributed by atoms with Gasteiger partial charge in [-0.3, -0.25) is 9.59 Å². The van der Waals surface area contributed by atoms with Gasteiger partial charge in [0.1, 0.15) is 5.54 Å². The Kier molecular flexibility index (Phi) is 3.27. The van der Waals surface area contributed by atoms with Crippen molar-refractivity contribution in [3.63, 3.8) is 0 Å². The van der Waals surface area contributed by atoms with Crippen molar-refractivity contribution < 1.29 is 14.3 Å². The Balaban J connectivity index is 1.94. The highest BCUT2D eigenvalue weighted by atomic mass is 16.5. The summed E-state index contributed by atoms with van der Waals surface area (Å²) in [6, 6.07) is 0. The van der Waals surface area contributed by atoms with Crippen LogP contribution in [0, 0.1) is 0 Å². The minimum Gasteiger partial charge on any atom is -0.376 e. The van der Waals surface area contributed by atoms with Crippen LogP contribution in [0.3, 0.4) is 0 Å². The largest absolute Gasteiger partial charge is 0.376 e. The Morgan fingerprint density at radius 3 is 2.55 bits per heavy atom.